The number of hydrazone groups is 1. The quantitative estimate of drug-likeness (QED) is 0.139. The average Bonchev–Trinajstić information content (AvgIpc) is 2.94. The van der Waals surface area contributed by atoms with Gasteiger partial charge in [-0.15, -0.1) is 0 Å². The van der Waals surface area contributed by atoms with Crippen LogP contribution in [0.15, 0.2) is 101 Å². The number of sulfonamides is 1. The van der Waals surface area contributed by atoms with Gasteiger partial charge >= 0.3 is 5.97 Å². The van der Waals surface area contributed by atoms with Crippen molar-refractivity contribution < 1.29 is 27.5 Å². The fraction of sp³-hybridized carbons (Fsp3) is 0.107. The van der Waals surface area contributed by atoms with E-state index in [1.807, 2.05) is 37.3 Å². The van der Waals surface area contributed by atoms with Crippen molar-refractivity contribution >= 4 is 38.9 Å². The standard InChI is InChI=1S/C28H25N3O6S/c1-2-36-22-15-12-21(13-16-22)28(33)37-26-17-14-20-8-6-7-11-24(20)25(26)18-29-31-27(32)19-30-38(34,35)23-9-4-3-5-10-23/h3-18,30H,2,19H2,1H3,(H,31,32)/b29-18+. The van der Waals surface area contributed by atoms with Crippen LogP contribution in [0.3, 0.4) is 0 Å². The van der Waals surface area contributed by atoms with E-state index >= 15 is 0 Å². The summed E-state index contributed by atoms with van der Waals surface area (Å²) in [5.41, 5.74) is 3.10. The molecule has 0 fully saturated rings. The van der Waals surface area contributed by atoms with Gasteiger partial charge < -0.3 is 9.47 Å². The Bertz CT molecular complexity index is 1570. The Hall–Kier alpha value is -4.54. The number of esters is 1. The van der Waals surface area contributed by atoms with Gasteiger partial charge in [-0.1, -0.05) is 48.5 Å². The molecule has 9 nitrogen and oxygen atoms in total. The minimum absolute atomic E-state index is 0.0473. The molecule has 0 aromatic heterocycles. The van der Waals surface area contributed by atoms with Crippen LogP contribution >= 0.6 is 0 Å². The lowest BCUT2D eigenvalue weighted by molar-refractivity contribution is -0.119. The molecular formula is C28H25N3O6S. The first-order valence-corrected chi connectivity index (χ1v) is 13.2. The molecule has 4 aromatic carbocycles. The van der Waals surface area contributed by atoms with Crippen molar-refractivity contribution in [3.05, 3.63) is 102 Å². The Morgan fingerprint density at radius 2 is 1.61 bits per heavy atom. The second-order valence-electron chi connectivity index (χ2n) is 7.98. The van der Waals surface area contributed by atoms with E-state index < -0.39 is 28.4 Å². The summed E-state index contributed by atoms with van der Waals surface area (Å²) in [5.74, 6) is -0.360. The molecule has 0 aliphatic heterocycles. The zero-order chi connectivity index (χ0) is 27.0. The molecule has 0 spiro atoms. The van der Waals surface area contributed by atoms with Gasteiger partial charge in [-0.25, -0.2) is 23.4 Å². The number of benzene rings is 4. The maximum atomic E-state index is 12.8. The molecule has 194 valence electrons. The summed E-state index contributed by atoms with van der Waals surface area (Å²) in [4.78, 5) is 25.1. The fourth-order valence-corrected chi connectivity index (χ4v) is 4.57. The maximum absolute atomic E-state index is 12.8. The van der Waals surface area contributed by atoms with Crippen molar-refractivity contribution in [3.8, 4) is 11.5 Å². The van der Waals surface area contributed by atoms with Crippen LogP contribution in [0, 0.1) is 0 Å². The SMILES string of the molecule is CCOc1ccc(C(=O)Oc2ccc3ccccc3c2/C=N/NC(=O)CNS(=O)(=O)c2ccccc2)cc1. The van der Waals surface area contributed by atoms with Crippen LogP contribution in [-0.4, -0.2) is 39.7 Å². The highest BCUT2D eigenvalue weighted by Crippen LogP contribution is 2.27. The van der Waals surface area contributed by atoms with Crippen LogP contribution in [0.25, 0.3) is 10.8 Å². The molecular weight excluding hydrogens is 506 g/mol. The molecule has 38 heavy (non-hydrogen) atoms. The summed E-state index contributed by atoms with van der Waals surface area (Å²) < 4.78 is 37.9. The third kappa shape index (κ3) is 6.61. The van der Waals surface area contributed by atoms with E-state index in [4.69, 9.17) is 9.47 Å². The van der Waals surface area contributed by atoms with E-state index in [-0.39, 0.29) is 10.6 Å². The van der Waals surface area contributed by atoms with Crippen LogP contribution in [-0.2, 0) is 14.8 Å². The molecule has 0 atom stereocenters. The van der Waals surface area contributed by atoms with Crippen molar-refractivity contribution in [2.45, 2.75) is 11.8 Å². The average molecular weight is 532 g/mol. The number of ether oxygens (including phenoxy) is 2. The molecule has 0 unspecified atom stereocenters. The van der Waals surface area contributed by atoms with E-state index in [0.717, 1.165) is 10.8 Å². The number of hydrogen-bond donors (Lipinski definition) is 2. The first-order valence-electron chi connectivity index (χ1n) is 11.7. The highest BCUT2D eigenvalue weighted by atomic mass is 32.2. The van der Waals surface area contributed by atoms with Crippen molar-refractivity contribution in [1.29, 1.82) is 0 Å². The lowest BCUT2D eigenvalue weighted by atomic mass is 10.0. The topological polar surface area (TPSA) is 123 Å². The van der Waals surface area contributed by atoms with Crippen LogP contribution in [0.2, 0.25) is 0 Å². The summed E-state index contributed by atoms with van der Waals surface area (Å²) in [7, 11) is -3.84. The van der Waals surface area contributed by atoms with E-state index in [0.29, 0.717) is 23.5 Å². The van der Waals surface area contributed by atoms with Crippen LogP contribution in [0.5, 0.6) is 11.5 Å². The minimum Gasteiger partial charge on any atom is -0.494 e. The van der Waals surface area contributed by atoms with E-state index in [9.17, 15) is 18.0 Å². The molecule has 0 saturated carbocycles. The Balaban J connectivity index is 1.48. The predicted octanol–water partition coefficient (Wildman–Crippen LogP) is 3.89. The fourth-order valence-electron chi connectivity index (χ4n) is 3.56. The Kier molecular flexibility index (Phi) is 8.47. The zero-order valence-corrected chi connectivity index (χ0v) is 21.3. The van der Waals surface area contributed by atoms with Crippen molar-refractivity contribution in [2.75, 3.05) is 13.2 Å². The summed E-state index contributed by atoms with van der Waals surface area (Å²) >= 11 is 0. The van der Waals surface area contributed by atoms with Crippen molar-refractivity contribution in [3.63, 3.8) is 0 Å². The second kappa shape index (κ2) is 12.1. The van der Waals surface area contributed by atoms with Gasteiger partial charge in [0.15, 0.2) is 0 Å². The lowest BCUT2D eigenvalue weighted by Gasteiger charge is -2.11. The molecule has 0 heterocycles. The van der Waals surface area contributed by atoms with Crippen LogP contribution < -0.4 is 19.6 Å². The normalized spacial score (nSPS) is 11.4. The van der Waals surface area contributed by atoms with Crippen LogP contribution in [0.1, 0.15) is 22.8 Å². The number of rotatable bonds is 10. The molecule has 0 saturated heterocycles. The summed E-state index contributed by atoms with van der Waals surface area (Å²) in [6.07, 6.45) is 1.35. The molecule has 0 bridgehead atoms. The number of nitrogens with zero attached hydrogens (tertiary/aromatic N) is 1. The summed E-state index contributed by atoms with van der Waals surface area (Å²) in [6.45, 7) is 1.87. The van der Waals surface area contributed by atoms with E-state index in [1.54, 1.807) is 48.5 Å². The van der Waals surface area contributed by atoms with Gasteiger partial charge in [0, 0.05) is 5.56 Å². The smallest absolute Gasteiger partial charge is 0.343 e. The Morgan fingerprint density at radius 3 is 2.34 bits per heavy atom. The zero-order valence-electron chi connectivity index (χ0n) is 20.5. The number of hydrogen-bond acceptors (Lipinski definition) is 7. The van der Waals surface area contributed by atoms with Gasteiger partial charge in [-0.05, 0) is 60.2 Å². The molecule has 1 amide bonds. The van der Waals surface area contributed by atoms with Gasteiger partial charge in [0.2, 0.25) is 10.0 Å². The first-order chi connectivity index (χ1) is 18.4. The second-order valence-corrected chi connectivity index (χ2v) is 9.74. The third-order valence-corrected chi connectivity index (χ3v) is 6.81. The van der Waals surface area contributed by atoms with Crippen molar-refractivity contribution in [2.24, 2.45) is 5.10 Å². The van der Waals surface area contributed by atoms with Gasteiger partial charge in [0.1, 0.15) is 11.5 Å². The van der Waals surface area contributed by atoms with Gasteiger partial charge in [0.25, 0.3) is 5.91 Å². The molecule has 0 aliphatic rings. The molecule has 4 rings (SSSR count). The van der Waals surface area contributed by atoms with E-state index in [1.165, 1.54) is 18.3 Å². The first kappa shape index (κ1) is 26.5. The summed E-state index contributed by atoms with van der Waals surface area (Å²) in [5, 5.41) is 5.59. The lowest BCUT2D eigenvalue weighted by Crippen LogP contribution is -2.34. The minimum atomic E-state index is -3.84. The van der Waals surface area contributed by atoms with E-state index in [2.05, 4.69) is 15.2 Å². The van der Waals surface area contributed by atoms with Gasteiger partial charge in [0.05, 0.1) is 29.8 Å². The highest BCUT2D eigenvalue weighted by Gasteiger charge is 2.16. The number of nitrogens with one attached hydrogen (secondary N) is 2. The third-order valence-electron chi connectivity index (χ3n) is 5.39. The Labute approximate surface area is 220 Å². The van der Waals surface area contributed by atoms with Crippen molar-refractivity contribution in [1.82, 2.24) is 10.1 Å². The molecule has 0 aliphatic carbocycles. The molecule has 4 aromatic rings. The number of amides is 1. The number of fused-ring (bicyclic) bond motifs is 1. The predicted molar refractivity (Wildman–Crippen MR) is 144 cm³/mol. The highest BCUT2D eigenvalue weighted by molar-refractivity contribution is 7.89. The van der Waals surface area contributed by atoms with Gasteiger partial charge in [-0.2, -0.15) is 5.10 Å². The molecule has 2 N–H and O–H groups in total. The largest absolute Gasteiger partial charge is 0.494 e. The molecule has 0 radical (unpaired) electrons. The summed E-state index contributed by atoms with van der Waals surface area (Å²) in [6, 6.07) is 25.2. The Morgan fingerprint density at radius 1 is 0.895 bits per heavy atom. The molecule has 10 heteroatoms. The van der Waals surface area contributed by atoms with Gasteiger partial charge in [-0.3, -0.25) is 4.79 Å². The number of carbonyl (C=O) groups excluding carboxylic acids is 2. The number of carbonyl (C=O) groups is 2. The monoisotopic (exact) mass is 531 g/mol. The maximum Gasteiger partial charge on any atom is 0.343 e. The van der Waals surface area contributed by atoms with Crippen LogP contribution in [0.4, 0.5) is 0 Å².